The lowest BCUT2D eigenvalue weighted by Gasteiger charge is -2.13. The van der Waals surface area contributed by atoms with E-state index in [1.807, 2.05) is 18.5 Å². The second kappa shape index (κ2) is 6.01. The van der Waals surface area contributed by atoms with Crippen LogP contribution in [0.5, 0.6) is 0 Å². The number of aromatic nitrogens is 2. The molecule has 20 heavy (non-hydrogen) atoms. The molecular weight excluding hydrogens is 310 g/mol. The summed E-state index contributed by atoms with van der Waals surface area (Å²) in [6.07, 6.45) is 0. The molecule has 0 saturated heterocycles. The quantitative estimate of drug-likeness (QED) is 0.781. The van der Waals surface area contributed by atoms with Crippen molar-refractivity contribution in [3.05, 3.63) is 39.7 Å². The molecule has 7 heteroatoms. The van der Waals surface area contributed by atoms with Gasteiger partial charge in [-0.05, 0) is 11.4 Å². The summed E-state index contributed by atoms with van der Waals surface area (Å²) in [5, 5.41) is 17.1. The van der Waals surface area contributed by atoms with Crippen LogP contribution in [0.4, 0.5) is 5.13 Å². The Balaban J connectivity index is 1.71. The maximum absolute atomic E-state index is 9.05. The molecule has 0 aliphatic rings. The average Bonchev–Trinajstić information content (AvgIpc) is 3.19. The molecule has 3 aromatic rings. The maximum Gasteiger partial charge on any atom is 0.185 e. The van der Waals surface area contributed by atoms with Gasteiger partial charge in [-0.25, -0.2) is 9.97 Å². The average molecular weight is 323 g/mol. The fourth-order valence-electron chi connectivity index (χ4n) is 1.75. The van der Waals surface area contributed by atoms with Crippen molar-refractivity contribution in [1.82, 2.24) is 9.97 Å². The van der Waals surface area contributed by atoms with Crippen LogP contribution in [0.15, 0.2) is 28.3 Å². The second-order valence-corrected chi connectivity index (χ2v) is 6.90. The molecule has 4 nitrogen and oxygen atoms in total. The van der Waals surface area contributed by atoms with Crippen molar-refractivity contribution >= 4 is 39.1 Å². The van der Waals surface area contributed by atoms with E-state index in [9.17, 15) is 0 Å². The van der Waals surface area contributed by atoms with Gasteiger partial charge in [0.25, 0.3) is 0 Å². The Morgan fingerprint density at radius 3 is 2.70 bits per heavy atom. The van der Waals surface area contributed by atoms with Crippen molar-refractivity contribution in [2.75, 3.05) is 11.9 Å². The van der Waals surface area contributed by atoms with E-state index in [1.165, 1.54) is 16.2 Å². The third kappa shape index (κ3) is 2.90. The number of hydrogen-bond acceptors (Lipinski definition) is 7. The summed E-state index contributed by atoms with van der Waals surface area (Å²) in [6.45, 7) is 0.712. The second-order valence-electron chi connectivity index (χ2n) is 4.26. The molecule has 1 N–H and O–H groups in total. The lowest BCUT2D eigenvalue weighted by molar-refractivity contribution is 0.277. The lowest BCUT2D eigenvalue weighted by atomic mass is 10.4. The molecule has 0 bridgehead atoms. The number of aliphatic hydroxyl groups excluding tert-OH is 1. The molecule has 0 spiro atoms. The van der Waals surface area contributed by atoms with Crippen LogP contribution in [0.2, 0.25) is 0 Å². The lowest BCUT2D eigenvalue weighted by Crippen LogP contribution is -2.16. The molecule has 0 aromatic carbocycles. The van der Waals surface area contributed by atoms with E-state index in [0.717, 1.165) is 28.1 Å². The van der Waals surface area contributed by atoms with Crippen LogP contribution in [0.3, 0.4) is 0 Å². The highest BCUT2D eigenvalue weighted by Gasteiger charge is 2.11. The number of anilines is 1. The highest BCUT2D eigenvalue weighted by atomic mass is 32.1. The number of thiazole rings is 2. The van der Waals surface area contributed by atoms with Crippen molar-refractivity contribution < 1.29 is 5.11 Å². The zero-order valence-electron chi connectivity index (χ0n) is 10.8. The Bertz CT molecular complexity index is 675. The van der Waals surface area contributed by atoms with Crippen LogP contribution in [0.25, 0.3) is 9.88 Å². The Morgan fingerprint density at radius 1 is 1.15 bits per heavy atom. The first-order chi connectivity index (χ1) is 9.76. The van der Waals surface area contributed by atoms with E-state index >= 15 is 0 Å². The van der Waals surface area contributed by atoms with Gasteiger partial charge in [0.05, 0.1) is 29.4 Å². The zero-order valence-corrected chi connectivity index (χ0v) is 13.3. The third-order valence-electron chi connectivity index (χ3n) is 2.71. The topological polar surface area (TPSA) is 49.2 Å². The van der Waals surface area contributed by atoms with E-state index in [1.54, 1.807) is 22.7 Å². The molecule has 0 aliphatic carbocycles. The van der Waals surface area contributed by atoms with Crippen LogP contribution in [0.1, 0.15) is 11.4 Å². The minimum absolute atomic E-state index is 0.0104. The van der Waals surface area contributed by atoms with Gasteiger partial charge in [0.1, 0.15) is 5.01 Å². The minimum atomic E-state index is -0.0104. The van der Waals surface area contributed by atoms with Gasteiger partial charge in [-0.2, -0.15) is 0 Å². The van der Waals surface area contributed by atoms with Crippen LogP contribution < -0.4 is 4.90 Å². The van der Waals surface area contributed by atoms with Gasteiger partial charge in [-0.15, -0.1) is 34.0 Å². The van der Waals surface area contributed by atoms with Gasteiger partial charge in [0, 0.05) is 17.8 Å². The first kappa shape index (κ1) is 13.7. The molecule has 0 saturated carbocycles. The monoisotopic (exact) mass is 323 g/mol. The normalized spacial score (nSPS) is 10.9. The number of aliphatic hydroxyl groups is 1. The Kier molecular flexibility index (Phi) is 4.11. The SMILES string of the molecule is CN(Cc1csc(-c2cccs2)n1)c1nc(CO)cs1. The van der Waals surface area contributed by atoms with Gasteiger partial charge in [0.2, 0.25) is 0 Å². The molecule has 3 heterocycles. The van der Waals surface area contributed by atoms with E-state index in [-0.39, 0.29) is 6.61 Å². The van der Waals surface area contributed by atoms with Crippen LogP contribution >= 0.6 is 34.0 Å². The van der Waals surface area contributed by atoms with E-state index in [0.29, 0.717) is 0 Å². The highest BCUT2D eigenvalue weighted by Crippen LogP contribution is 2.29. The van der Waals surface area contributed by atoms with Crippen molar-refractivity contribution in [3.63, 3.8) is 0 Å². The Hall–Kier alpha value is -1.28. The molecule has 0 fully saturated rings. The summed E-state index contributed by atoms with van der Waals surface area (Å²) >= 11 is 4.92. The van der Waals surface area contributed by atoms with Gasteiger partial charge < -0.3 is 10.0 Å². The zero-order chi connectivity index (χ0) is 13.9. The molecule has 3 aromatic heterocycles. The standard InChI is InChI=1S/C13H13N3OS3/c1-16(13-15-10(6-17)8-20-13)5-9-7-19-12(14-9)11-3-2-4-18-11/h2-4,7-8,17H,5-6H2,1H3. The van der Waals surface area contributed by atoms with Gasteiger partial charge >= 0.3 is 0 Å². The molecule has 104 valence electrons. The van der Waals surface area contributed by atoms with Crippen molar-refractivity contribution in [1.29, 1.82) is 0 Å². The van der Waals surface area contributed by atoms with E-state index in [2.05, 4.69) is 31.7 Å². The predicted octanol–water partition coefficient (Wildman–Crippen LogP) is 3.46. The predicted molar refractivity (Wildman–Crippen MR) is 85.6 cm³/mol. The summed E-state index contributed by atoms with van der Waals surface area (Å²) < 4.78 is 0. The number of rotatable bonds is 5. The molecule has 0 atom stereocenters. The first-order valence-electron chi connectivity index (χ1n) is 6.01. The fraction of sp³-hybridized carbons (Fsp3) is 0.231. The van der Waals surface area contributed by atoms with Crippen LogP contribution in [0, 0.1) is 0 Å². The molecule has 3 rings (SSSR count). The van der Waals surface area contributed by atoms with E-state index < -0.39 is 0 Å². The van der Waals surface area contributed by atoms with Crippen molar-refractivity contribution in [2.45, 2.75) is 13.2 Å². The van der Waals surface area contributed by atoms with Gasteiger partial charge in [-0.1, -0.05) is 6.07 Å². The molecular formula is C13H13N3OS3. The number of hydrogen-bond donors (Lipinski definition) is 1. The van der Waals surface area contributed by atoms with Crippen molar-refractivity contribution in [3.8, 4) is 9.88 Å². The molecule has 0 unspecified atom stereocenters. The van der Waals surface area contributed by atoms with Crippen LogP contribution in [-0.2, 0) is 13.2 Å². The molecule has 0 radical (unpaired) electrons. The Labute approximate surface area is 129 Å². The summed E-state index contributed by atoms with van der Waals surface area (Å²) in [5.41, 5.74) is 1.76. The van der Waals surface area contributed by atoms with E-state index in [4.69, 9.17) is 5.11 Å². The summed E-state index contributed by atoms with van der Waals surface area (Å²) in [6, 6.07) is 4.13. The third-order valence-corrected chi connectivity index (χ3v) is 5.64. The van der Waals surface area contributed by atoms with Gasteiger partial charge in [0.15, 0.2) is 5.13 Å². The maximum atomic E-state index is 9.05. The summed E-state index contributed by atoms with van der Waals surface area (Å²) in [7, 11) is 1.99. The highest BCUT2D eigenvalue weighted by molar-refractivity contribution is 7.20. The molecule has 0 aliphatic heterocycles. The largest absolute Gasteiger partial charge is 0.390 e. The summed E-state index contributed by atoms with van der Waals surface area (Å²) in [5.74, 6) is 0. The van der Waals surface area contributed by atoms with Gasteiger partial charge in [-0.3, -0.25) is 0 Å². The smallest absolute Gasteiger partial charge is 0.185 e. The fourth-order valence-corrected chi connectivity index (χ4v) is 4.16. The van der Waals surface area contributed by atoms with Crippen molar-refractivity contribution in [2.24, 2.45) is 0 Å². The first-order valence-corrected chi connectivity index (χ1v) is 8.65. The molecule has 0 amide bonds. The Morgan fingerprint density at radius 2 is 2.00 bits per heavy atom. The van der Waals surface area contributed by atoms with Crippen LogP contribution in [-0.4, -0.2) is 22.1 Å². The summed E-state index contributed by atoms with van der Waals surface area (Å²) in [4.78, 5) is 12.3. The number of nitrogens with zero attached hydrogens (tertiary/aromatic N) is 3. The minimum Gasteiger partial charge on any atom is -0.390 e. The number of thiophene rings is 1.